The summed E-state index contributed by atoms with van der Waals surface area (Å²) in [6.45, 7) is 6.79. The number of hydrogen-bond acceptors (Lipinski definition) is 2. The molecule has 3 fully saturated rings. The molecule has 2 unspecified atom stereocenters. The Kier molecular flexibility index (Phi) is 3.40. The van der Waals surface area contributed by atoms with Crippen LogP contribution in [-0.4, -0.2) is 16.9 Å². The highest BCUT2D eigenvalue weighted by molar-refractivity contribution is 6.01. The molecule has 4 aliphatic rings. The number of carbonyl (C=O) groups excluding carboxylic acids is 1. The normalized spacial score (nSPS) is 49.9. The lowest BCUT2D eigenvalue weighted by molar-refractivity contribution is -0.149. The summed E-state index contributed by atoms with van der Waals surface area (Å²) in [6, 6.07) is 0. The first-order valence-electron chi connectivity index (χ1n) is 9.45. The van der Waals surface area contributed by atoms with Crippen molar-refractivity contribution in [3.8, 4) is 0 Å². The van der Waals surface area contributed by atoms with E-state index in [4.69, 9.17) is 0 Å². The monoisotopic (exact) mass is 328 g/mol. The summed E-state index contributed by atoms with van der Waals surface area (Å²) in [4.78, 5) is 23.6. The van der Waals surface area contributed by atoms with Crippen LogP contribution < -0.4 is 0 Å². The molecule has 130 valence electrons. The third-order valence-corrected chi connectivity index (χ3v) is 8.18. The maximum atomic E-state index is 11.9. The van der Waals surface area contributed by atoms with E-state index < -0.39 is 5.97 Å². The maximum absolute atomic E-state index is 11.9. The topological polar surface area (TPSA) is 54.4 Å². The average molecular weight is 328 g/mol. The van der Waals surface area contributed by atoms with Crippen LogP contribution in [0.15, 0.2) is 23.8 Å². The molecular weight excluding hydrogens is 300 g/mol. The molecule has 3 nitrogen and oxygen atoms in total. The average Bonchev–Trinajstić information content (AvgIpc) is 2.87. The Labute approximate surface area is 144 Å². The first kappa shape index (κ1) is 16.1. The second kappa shape index (κ2) is 5.06. The minimum absolute atomic E-state index is 0.0150. The molecule has 1 N–H and O–H groups in total. The third-order valence-electron chi connectivity index (χ3n) is 8.18. The Morgan fingerprint density at radius 2 is 1.96 bits per heavy atom. The van der Waals surface area contributed by atoms with Crippen molar-refractivity contribution in [1.29, 1.82) is 0 Å². The molecule has 24 heavy (non-hydrogen) atoms. The summed E-state index contributed by atoms with van der Waals surface area (Å²) >= 11 is 0. The Bertz CT molecular complexity index is 660. The molecule has 4 aliphatic carbocycles. The number of hydrogen-bond donors (Lipinski definition) is 1. The molecule has 0 amide bonds. The Morgan fingerprint density at radius 3 is 2.67 bits per heavy atom. The zero-order valence-corrected chi connectivity index (χ0v) is 14.9. The van der Waals surface area contributed by atoms with Crippen LogP contribution >= 0.6 is 0 Å². The summed E-state index contributed by atoms with van der Waals surface area (Å²) in [6.07, 6.45) is 10.9. The molecule has 0 aromatic carbocycles. The van der Waals surface area contributed by atoms with Gasteiger partial charge in [0.25, 0.3) is 0 Å². The van der Waals surface area contributed by atoms with Crippen molar-refractivity contribution in [2.24, 2.45) is 40.4 Å². The van der Waals surface area contributed by atoms with E-state index >= 15 is 0 Å². The Balaban J connectivity index is 1.72. The molecule has 0 bridgehead atoms. The summed E-state index contributed by atoms with van der Waals surface area (Å²) < 4.78 is 0. The minimum atomic E-state index is -0.600. The molecular formula is C21H28O3. The fraction of sp³-hybridized carbons (Fsp3) is 0.714. The largest absolute Gasteiger partial charge is 0.481 e. The highest BCUT2D eigenvalue weighted by Crippen LogP contribution is 2.66. The Morgan fingerprint density at radius 1 is 1.21 bits per heavy atom. The lowest BCUT2D eigenvalue weighted by atomic mass is 9.46. The van der Waals surface area contributed by atoms with Crippen molar-refractivity contribution in [2.45, 2.75) is 52.9 Å². The predicted molar refractivity (Wildman–Crippen MR) is 92.3 cm³/mol. The highest BCUT2D eigenvalue weighted by atomic mass is 16.4. The quantitative estimate of drug-likeness (QED) is 0.783. The standard InChI is InChI=1S/C21H28O3/c1-12-10-14-15-4-5-17(19(23)24)20(15,2)9-7-16(14)21(3)8-6-13(22)11-18(12)21/h6,8,11-12,14-17H,4-5,7,9-10H2,1-3H3,(H,23,24)/t12?,14-,15-,16-,17?,20-,21+/m0/s1. The van der Waals surface area contributed by atoms with Gasteiger partial charge in [-0.05, 0) is 73.3 Å². The van der Waals surface area contributed by atoms with Crippen LogP contribution in [0.5, 0.6) is 0 Å². The van der Waals surface area contributed by atoms with E-state index in [1.165, 1.54) is 5.57 Å². The van der Waals surface area contributed by atoms with Crippen LogP contribution in [-0.2, 0) is 9.59 Å². The van der Waals surface area contributed by atoms with Crippen LogP contribution in [0, 0.1) is 40.4 Å². The van der Waals surface area contributed by atoms with E-state index in [1.807, 2.05) is 6.08 Å². The van der Waals surface area contributed by atoms with Crippen molar-refractivity contribution in [1.82, 2.24) is 0 Å². The molecule has 0 heterocycles. The van der Waals surface area contributed by atoms with Crippen molar-refractivity contribution in [3.63, 3.8) is 0 Å². The lowest BCUT2D eigenvalue weighted by Gasteiger charge is -2.58. The molecule has 4 rings (SSSR count). The highest BCUT2D eigenvalue weighted by Gasteiger charge is 2.60. The minimum Gasteiger partial charge on any atom is -0.481 e. The van der Waals surface area contributed by atoms with Crippen molar-refractivity contribution in [2.75, 3.05) is 0 Å². The van der Waals surface area contributed by atoms with Gasteiger partial charge in [-0.25, -0.2) is 0 Å². The van der Waals surface area contributed by atoms with E-state index in [-0.39, 0.29) is 22.5 Å². The first-order valence-corrected chi connectivity index (χ1v) is 9.45. The first-order chi connectivity index (χ1) is 11.3. The second-order valence-electron chi connectivity index (χ2n) is 9.14. The summed E-state index contributed by atoms with van der Waals surface area (Å²) in [7, 11) is 0. The van der Waals surface area contributed by atoms with Gasteiger partial charge < -0.3 is 5.11 Å². The van der Waals surface area contributed by atoms with E-state index in [1.54, 1.807) is 6.08 Å². The second-order valence-corrected chi connectivity index (χ2v) is 9.14. The van der Waals surface area contributed by atoms with E-state index in [0.29, 0.717) is 23.7 Å². The van der Waals surface area contributed by atoms with Gasteiger partial charge in [-0.3, -0.25) is 9.59 Å². The lowest BCUT2D eigenvalue weighted by Crippen LogP contribution is -2.52. The molecule has 0 aromatic rings. The molecule has 3 heteroatoms. The summed E-state index contributed by atoms with van der Waals surface area (Å²) in [5.41, 5.74) is 1.25. The Hall–Kier alpha value is -1.38. The molecule has 7 atom stereocenters. The number of carboxylic acid groups (broad SMARTS) is 1. The van der Waals surface area contributed by atoms with Gasteiger partial charge in [0, 0.05) is 5.41 Å². The fourth-order valence-electron chi connectivity index (χ4n) is 7.02. The van der Waals surface area contributed by atoms with Crippen LogP contribution in [0.2, 0.25) is 0 Å². The van der Waals surface area contributed by atoms with E-state index in [0.717, 1.165) is 32.1 Å². The number of aliphatic carboxylic acids is 1. The van der Waals surface area contributed by atoms with Gasteiger partial charge in [-0.1, -0.05) is 32.4 Å². The van der Waals surface area contributed by atoms with Gasteiger partial charge in [-0.2, -0.15) is 0 Å². The maximum Gasteiger partial charge on any atom is 0.307 e. The van der Waals surface area contributed by atoms with Gasteiger partial charge in [-0.15, -0.1) is 0 Å². The number of carboxylic acids is 1. The molecule has 0 spiro atoms. The van der Waals surface area contributed by atoms with Gasteiger partial charge >= 0.3 is 5.97 Å². The predicted octanol–water partition coefficient (Wildman–Crippen LogP) is 4.24. The fourth-order valence-corrected chi connectivity index (χ4v) is 7.02. The molecule has 3 saturated carbocycles. The number of allylic oxidation sites excluding steroid dienone is 4. The smallest absolute Gasteiger partial charge is 0.307 e. The number of rotatable bonds is 1. The van der Waals surface area contributed by atoms with Crippen molar-refractivity contribution >= 4 is 11.8 Å². The van der Waals surface area contributed by atoms with Crippen LogP contribution in [0.1, 0.15) is 52.9 Å². The van der Waals surface area contributed by atoms with Crippen LogP contribution in [0.3, 0.4) is 0 Å². The van der Waals surface area contributed by atoms with E-state index in [2.05, 4.69) is 26.8 Å². The van der Waals surface area contributed by atoms with Crippen LogP contribution in [0.25, 0.3) is 0 Å². The molecule has 0 aromatic heterocycles. The molecule has 0 aliphatic heterocycles. The molecule has 0 saturated heterocycles. The van der Waals surface area contributed by atoms with Crippen LogP contribution in [0.4, 0.5) is 0 Å². The third kappa shape index (κ3) is 1.96. The molecule has 0 radical (unpaired) electrons. The zero-order chi connectivity index (χ0) is 17.3. The van der Waals surface area contributed by atoms with Gasteiger partial charge in [0.05, 0.1) is 5.92 Å². The number of fused-ring (bicyclic) bond motifs is 5. The van der Waals surface area contributed by atoms with Crippen molar-refractivity contribution in [3.05, 3.63) is 23.8 Å². The summed E-state index contributed by atoms with van der Waals surface area (Å²) in [5, 5.41) is 9.67. The van der Waals surface area contributed by atoms with Gasteiger partial charge in [0.15, 0.2) is 5.78 Å². The van der Waals surface area contributed by atoms with Gasteiger partial charge in [0.2, 0.25) is 0 Å². The zero-order valence-electron chi connectivity index (χ0n) is 14.9. The van der Waals surface area contributed by atoms with Crippen molar-refractivity contribution < 1.29 is 14.7 Å². The summed E-state index contributed by atoms with van der Waals surface area (Å²) in [5.74, 6) is 1.42. The number of ketones is 1. The van der Waals surface area contributed by atoms with Gasteiger partial charge in [0.1, 0.15) is 0 Å². The SMILES string of the molecule is CC1C[C@@H]2[C@H](CC[C@]3(C)C(C(=O)O)CC[C@@H]23)[C@@]2(C)C=CC(=O)C=C12. The number of carbonyl (C=O) groups is 2. The van der Waals surface area contributed by atoms with E-state index in [9.17, 15) is 14.7 Å².